The van der Waals surface area contributed by atoms with Crippen LogP contribution >= 0.6 is 11.8 Å². The van der Waals surface area contributed by atoms with Gasteiger partial charge in [-0.2, -0.15) is 0 Å². The van der Waals surface area contributed by atoms with Gasteiger partial charge in [-0.05, 0) is 51.1 Å². The molecule has 1 aliphatic heterocycles. The number of pyridine rings is 1. The highest BCUT2D eigenvalue weighted by atomic mass is 32.2. The molecule has 21 heavy (non-hydrogen) atoms. The molecule has 1 N–H and O–H groups in total. The summed E-state index contributed by atoms with van der Waals surface area (Å²) in [6.45, 7) is 5.31. The summed E-state index contributed by atoms with van der Waals surface area (Å²) in [6.07, 6.45) is 8.64. The SMILES string of the molecule is CSc1ncccc1C(=O)NCCCN1CCCCC1C. The Bertz CT molecular complexity index is 467. The van der Waals surface area contributed by atoms with E-state index >= 15 is 0 Å². The molecule has 1 aromatic heterocycles. The minimum absolute atomic E-state index is 0.0147. The number of rotatable bonds is 6. The number of nitrogens with zero attached hydrogens (tertiary/aromatic N) is 2. The summed E-state index contributed by atoms with van der Waals surface area (Å²) in [5.74, 6) is -0.0147. The molecule has 0 aliphatic carbocycles. The lowest BCUT2D eigenvalue weighted by molar-refractivity contribution is 0.0945. The Morgan fingerprint density at radius 3 is 3.14 bits per heavy atom. The fourth-order valence-electron chi connectivity index (χ4n) is 2.80. The Morgan fingerprint density at radius 1 is 1.52 bits per heavy atom. The Morgan fingerprint density at radius 2 is 2.38 bits per heavy atom. The Hall–Kier alpha value is -1.07. The van der Waals surface area contributed by atoms with E-state index in [4.69, 9.17) is 0 Å². The van der Waals surface area contributed by atoms with Gasteiger partial charge in [-0.15, -0.1) is 11.8 Å². The second-order valence-electron chi connectivity index (χ2n) is 5.55. The number of carbonyl (C=O) groups excluding carboxylic acids is 1. The predicted octanol–water partition coefficient (Wildman–Crippen LogP) is 2.80. The monoisotopic (exact) mass is 307 g/mol. The maximum atomic E-state index is 12.2. The number of hydrogen-bond acceptors (Lipinski definition) is 4. The molecule has 1 aliphatic rings. The topological polar surface area (TPSA) is 45.2 Å². The van der Waals surface area contributed by atoms with Crippen LogP contribution < -0.4 is 5.32 Å². The molecular formula is C16H25N3OS. The molecule has 0 aromatic carbocycles. The third-order valence-corrected chi connectivity index (χ3v) is 4.77. The quantitative estimate of drug-likeness (QED) is 0.648. The Labute approximate surface area is 131 Å². The minimum atomic E-state index is -0.0147. The van der Waals surface area contributed by atoms with Crippen LogP contribution in [-0.4, -0.2) is 47.7 Å². The first-order chi connectivity index (χ1) is 10.2. The summed E-state index contributed by atoms with van der Waals surface area (Å²) in [5.41, 5.74) is 0.677. The molecular weight excluding hydrogens is 282 g/mol. The van der Waals surface area contributed by atoms with E-state index < -0.39 is 0 Å². The van der Waals surface area contributed by atoms with E-state index in [1.807, 2.05) is 18.4 Å². The van der Waals surface area contributed by atoms with Gasteiger partial charge >= 0.3 is 0 Å². The van der Waals surface area contributed by atoms with Crippen LogP contribution in [0.25, 0.3) is 0 Å². The van der Waals surface area contributed by atoms with Crippen molar-refractivity contribution in [3.63, 3.8) is 0 Å². The lowest BCUT2D eigenvalue weighted by atomic mass is 10.0. The first-order valence-corrected chi connectivity index (χ1v) is 8.96. The molecule has 0 saturated carbocycles. The number of piperidine rings is 1. The fourth-order valence-corrected chi connectivity index (χ4v) is 3.34. The van der Waals surface area contributed by atoms with Crippen molar-refractivity contribution in [2.45, 2.75) is 43.7 Å². The van der Waals surface area contributed by atoms with Gasteiger partial charge < -0.3 is 10.2 Å². The Kier molecular flexibility index (Phi) is 6.51. The number of thioether (sulfide) groups is 1. The van der Waals surface area contributed by atoms with Crippen LogP contribution in [0.2, 0.25) is 0 Å². The second kappa shape index (κ2) is 8.39. The van der Waals surface area contributed by atoms with Crippen LogP contribution in [0.3, 0.4) is 0 Å². The number of amides is 1. The lowest BCUT2D eigenvalue weighted by Gasteiger charge is -2.33. The van der Waals surface area contributed by atoms with E-state index in [2.05, 4.69) is 22.1 Å². The molecule has 1 atom stereocenters. The smallest absolute Gasteiger partial charge is 0.254 e. The van der Waals surface area contributed by atoms with Crippen molar-refractivity contribution in [3.05, 3.63) is 23.9 Å². The maximum Gasteiger partial charge on any atom is 0.254 e. The number of hydrogen-bond donors (Lipinski definition) is 1. The minimum Gasteiger partial charge on any atom is -0.352 e. The molecule has 2 heterocycles. The average molecular weight is 307 g/mol. The summed E-state index contributed by atoms with van der Waals surface area (Å²) in [7, 11) is 0. The molecule has 5 heteroatoms. The van der Waals surface area contributed by atoms with Crippen LogP contribution in [0.4, 0.5) is 0 Å². The molecule has 1 saturated heterocycles. The van der Waals surface area contributed by atoms with Gasteiger partial charge in [0.1, 0.15) is 5.03 Å². The van der Waals surface area contributed by atoms with Gasteiger partial charge in [-0.3, -0.25) is 4.79 Å². The molecule has 2 rings (SSSR count). The standard InChI is InChI=1S/C16H25N3OS/c1-13-7-3-4-11-19(13)12-6-10-17-15(20)14-8-5-9-18-16(14)21-2/h5,8-9,13H,3-4,6-7,10-12H2,1-2H3,(H,17,20). The second-order valence-corrected chi connectivity index (χ2v) is 6.35. The molecule has 1 unspecified atom stereocenters. The summed E-state index contributed by atoms with van der Waals surface area (Å²) >= 11 is 1.51. The van der Waals surface area contributed by atoms with Crippen molar-refractivity contribution in [2.24, 2.45) is 0 Å². The predicted molar refractivity (Wildman–Crippen MR) is 87.9 cm³/mol. The summed E-state index contributed by atoms with van der Waals surface area (Å²) in [5, 5.41) is 3.80. The number of carbonyl (C=O) groups is 1. The largest absolute Gasteiger partial charge is 0.352 e. The molecule has 0 spiro atoms. The van der Waals surface area contributed by atoms with Crippen molar-refractivity contribution in [2.75, 3.05) is 25.9 Å². The maximum absolute atomic E-state index is 12.2. The molecule has 4 nitrogen and oxygen atoms in total. The van der Waals surface area contributed by atoms with Gasteiger partial charge in [0.2, 0.25) is 0 Å². The fraction of sp³-hybridized carbons (Fsp3) is 0.625. The van der Waals surface area contributed by atoms with E-state index in [-0.39, 0.29) is 5.91 Å². The molecule has 1 fully saturated rings. The zero-order valence-corrected chi connectivity index (χ0v) is 13.8. The van der Waals surface area contributed by atoms with Gasteiger partial charge in [0.25, 0.3) is 5.91 Å². The van der Waals surface area contributed by atoms with E-state index in [9.17, 15) is 4.79 Å². The third-order valence-electron chi connectivity index (χ3n) is 4.06. The van der Waals surface area contributed by atoms with E-state index in [0.29, 0.717) is 11.6 Å². The van der Waals surface area contributed by atoms with Crippen LogP contribution in [0.1, 0.15) is 43.0 Å². The van der Waals surface area contributed by atoms with E-state index in [1.165, 1.54) is 37.6 Å². The van der Waals surface area contributed by atoms with Gasteiger partial charge in [0, 0.05) is 25.3 Å². The highest BCUT2D eigenvalue weighted by Crippen LogP contribution is 2.17. The van der Waals surface area contributed by atoms with Crippen LogP contribution in [0, 0.1) is 0 Å². The zero-order chi connectivity index (χ0) is 15.1. The first-order valence-electron chi connectivity index (χ1n) is 7.73. The number of likely N-dealkylation sites (tertiary alicyclic amines) is 1. The highest BCUT2D eigenvalue weighted by molar-refractivity contribution is 7.98. The van der Waals surface area contributed by atoms with Gasteiger partial charge in [0.15, 0.2) is 0 Å². The normalized spacial score (nSPS) is 19.4. The van der Waals surface area contributed by atoms with Crippen LogP contribution in [0.15, 0.2) is 23.4 Å². The van der Waals surface area contributed by atoms with E-state index in [0.717, 1.165) is 24.5 Å². The van der Waals surface area contributed by atoms with Gasteiger partial charge in [-0.25, -0.2) is 4.98 Å². The Balaban J connectivity index is 1.74. The number of nitrogens with one attached hydrogen (secondary N) is 1. The van der Waals surface area contributed by atoms with Crippen molar-refractivity contribution < 1.29 is 4.79 Å². The van der Waals surface area contributed by atoms with Crippen LogP contribution in [0.5, 0.6) is 0 Å². The van der Waals surface area contributed by atoms with Crippen LogP contribution in [-0.2, 0) is 0 Å². The van der Waals surface area contributed by atoms with Crippen molar-refractivity contribution >= 4 is 17.7 Å². The summed E-state index contributed by atoms with van der Waals surface area (Å²) < 4.78 is 0. The molecule has 0 radical (unpaired) electrons. The molecule has 0 bridgehead atoms. The third kappa shape index (κ3) is 4.71. The summed E-state index contributed by atoms with van der Waals surface area (Å²) in [4.78, 5) is 18.9. The van der Waals surface area contributed by atoms with Gasteiger partial charge in [-0.1, -0.05) is 6.42 Å². The van der Waals surface area contributed by atoms with Crippen molar-refractivity contribution in [1.82, 2.24) is 15.2 Å². The molecule has 116 valence electrons. The average Bonchev–Trinajstić information content (AvgIpc) is 2.52. The van der Waals surface area contributed by atoms with E-state index in [1.54, 1.807) is 6.20 Å². The summed E-state index contributed by atoms with van der Waals surface area (Å²) in [6, 6.07) is 4.33. The lowest BCUT2D eigenvalue weighted by Crippen LogP contribution is -2.39. The zero-order valence-electron chi connectivity index (χ0n) is 13.0. The van der Waals surface area contributed by atoms with Crippen molar-refractivity contribution in [3.8, 4) is 0 Å². The highest BCUT2D eigenvalue weighted by Gasteiger charge is 2.17. The van der Waals surface area contributed by atoms with Crippen molar-refractivity contribution in [1.29, 1.82) is 0 Å². The van der Waals surface area contributed by atoms with Gasteiger partial charge in [0.05, 0.1) is 5.56 Å². The molecule has 1 amide bonds. The molecule has 1 aromatic rings. The first kappa shape index (κ1) is 16.3. The number of aromatic nitrogens is 1.